The van der Waals surface area contributed by atoms with Gasteiger partial charge in [-0.25, -0.2) is 0 Å². The molecule has 3 atom stereocenters. The summed E-state index contributed by atoms with van der Waals surface area (Å²) in [6.45, 7) is 1.73. The number of hydrogen-bond donors (Lipinski definition) is 1. The van der Waals surface area contributed by atoms with Gasteiger partial charge in [0.05, 0.1) is 38.6 Å². The lowest BCUT2D eigenvalue weighted by Crippen LogP contribution is -2.57. The van der Waals surface area contributed by atoms with Gasteiger partial charge in [0.15, 0.2) is 6.10 Å². The fraction of sp³-hybridized carbons (Fsp3) is 0.296. The van der Waals surface area contributed by atoms with Crippen LogP contribution in [0.5, 0.6) is 0 Å². The first-order valence-corrected chi connectivity index (χ1v) is 11.0. The zero-order chi connectivity index (χ0) is 22.0. The molecule has 0 aliphatic carbocycles. The van der Waals surface area contributed by atoms with Gasteiger partial charge in [-0.05, 0) is 23.1 Å². The molecule has 1 fully saturated rings. The summed E-state index contributed by atoms with van der Waals surface area (Å²) in [5.41, 5.74) is 3.20. The molecule has 5 nitrogen and oxygen atoms in total. The smallest absolute Gasteiger partial charge is 0.252 e. The van der Waals surface area contributed by atoms with E-state index in [9.17, 15) is 4.79 Å². The van der Waals surface area contributed by atoms with E-state index in [0.29, 0.717) is 32.8 Å². The molecule has 1 N–H and O–H groups in total. The van der Waals surface area contributed by atoms with Crippen LogP contribution in [0.25, 0.3) is 0 Å². The van der Waals surface area contributed by atoms with Gasteiger partial charge >= 0.3 is 0 Å². The lowest BCUT2D eigenvalue weighted by atomic mass is 9.98. The minimum absolute atomic E-state index is 0.122. The number of piperidine rings is 1. The highest BCUT2D eigenvalue weighted by atomic mass is 16.5. The number of amides is 1. The van der Waals surface area contributed by atoms with Crippen molar-refractivity contribution in [3.63, 3.8) is 0 Å². The molecule has 1 heterocycles. The molecule has 4 rings (SSSR count). The van der Waals surface area contributed by atoms with Crippen LogP contribution in [0, 0.1) is 0 Å². The van der Waals surface area contributed by atoms with Gasteiger partial charge in [0.2, 0.25) is 0 Å². The van der Waals surface area contributed by atoms with Gasteiger partial charge in [-0.2, -0.15) is 0 Å². The zero-order valence-electron chi connectivity index (χ0n) is 18.1. The second kappa shape index (κ2) is 11.6. The molecule has 166 valence electrons. The molecule has 32 heavy (non-hydrogen) atoms. The first-order valence-electron chi connectivity index (χ1n) is 11.0. The summed E-state index contributed by atoms with van der Waals surface area (Å²) in [6.07, 6.45) is -0.380. The normalized spacial score (nSPS) is 20.6. The molecule has 0 aromatic heterocycles. The highest BCUT2D eigenvalue weighted by Gasteiger charge is 2.38. The summed E-state index contributed by atoms with van der Waals surface area (Å²) in [7, 11) is 0. The Balaban J connectivity index is 1.36. The van der Waals surface area contributed by atoms with Crippen LogP contribution in [0.2, 0.25) is 0 Å². The van der Waals surface area contributed by atoms with Crippen molar-refractivity contribution in [2.24, 2.45) is 0 Å². The number of carbonyl (C=O) groups excluding carboxylic acids is 1. The van der Waals surface area contributed by atoms with Crippen LogP contribution in [0.15, 0.2) is 91.0 Å². The van der Waals surface area contributed by atoms with Gasteiger partial charge < -0.3 is 19.5 Å². The molecule has 1 aliphatic heterocycles. The van der Waals surface area contributed by atoms with Crippen molar-refractivity contribution < 1.29 is 19.0 Å². The van der Waals surface area contributed by atoms with E-state index < -0.39 is 6.10 Å². The average Bonchev–Trinajstić information content (AvgIpc) is 2.84. The van der Waals surface area contributed by atoms with Gasteiger partial charge in [0.25, 0.3) is 5.91 Å². The number of benzene rings is 3. The Bertz CT molecular complexity index is 949. The first kappa shape index (κ1) is 22.2. The molecule has 0 spiro atoms. The van der Waals surface area contributed by atoms with Crippen molar-refractivity contribution in [1.82, 2.24) is 5.32 Å². The predicted molar refractivity (Wildman–Crippen MR) is 123 cm³/mol. The van der Waals surface area contributed by atoms with Crippen LogP contribution in [-0.2, 0) is 38.8 Å². The van der Waals surface area contributed by atoms with E-state index >= 15 is 0 Å². The van der Waals surface area contributed by atoms with E-state index in [0.717, 1.165) is 16.7 Å². The monoisotopic (exact) mass is 431 g/mol. The number of nitrogens with one attached hydrogen (secondary N) is 1. The Morgan fingerprint density at radius 1 is 0.688 bits per heavy atom. The Morgan fingerprint density at radius 3 is 1.75 bits per heavy atom. The largest absolute Gasteiger partial charge is 0.375 e. The molecule has 3 aromatic rings. The van der Waals surface area contributed by atoms with Crippen LogP contribution in [-0.4, -0.2) is 30.8 Å². The fourth-order valence-electron chi connectivity index (χ4n) is 3.79. The molecular weight excluding hydrogens is 402 g/mol. The predicted octanol–water partition coefficient (Wildman–Crippen LogP) is 4.26. The van der Waals surface area contributed by atoms with Gasteiger partial charge in [-0.1, -0.05) is 91.0 Å². The topological polar surface area (TPSA) is 56.8 Å². The maximum absolute atomic E-state index is 12.9. The van der Waals surface area contributed by atoms with Gasteiger partial charge in [0, 0.05) is 0 Å². The lowest BCUT2D eigenvalue weighted by Gasteiger charge is -2.35. The zero-order valence-corrected chi connectivity index (χ0v) is 18.1. The second-order valence-corrected chi connectivity index (χ2v) is 7.99. The fourth-order valence-corrected chi connectivity index (χ4v) is 3.79. The van der Waals surface area contributed by atoms with Crippen LogP contribution >= 0.6 is 0 Å². The summed E-state index contributed by atoms with van der Waals surface area (Å²) in [5, 5.41) is 3.05. The summed E-state index contributed by atoms with van der Waals surface area (Å²) < 4.78 is 18.1. The molecule has 5 heteroatoms. The Kier molecular flexibility index (Phi) is 8.04. The summed E-state index contributed by atoms with van der Waals surface area (Å²) >= 11 is 0. The van der Waals surface area contributed by atoms with E-state index in [2.05, 4.69) is 5.32 Å². The number of rotatable bonds is 10. The van der Waals surface area contributed by atoms with Crippen LogP contribution in [0.3, 0.4) is 0 Å². The molecule has 1 amide bonds. The van der Waals surface area contributed by atoms with E-state index in [4.69, 9.17) is 14.2 Å². The van der Waals surface area contributed by atoms with Crippen LogP contribution in [0.4, 0.5) is 0 Å². The van der Waals surface area contributed by atoms with Crippen molar-refractivity contribution >= 4 is 5.91 Å². The number of carbonyl (C=O) groups is 1. The van der Waals surface area contributed by atoms with Crippen molar-refractivity contribution in [3.05, 3.63) is 108 Å². The molecule has 0 saturated carbocycles. The van der Waals surface area contributed by atoms with Gasteiger partial charge in [0.1, 0.15) is 0 Å². The first-order chi connectivity index (χ1) is 15.8. The Morgan fingerprint density at radius 2 is 1.19 bits per heavy atom. The number of hydrogen-bond acceptors (Lipinski definition) is 4. The van der Waals surface area contributed by atoms with Crippen molar-refractivity contribution in [2.45, 2.75) is 44.5 Å². The Hall–Kier alpha value is -2.99. The average molecular weight is 432 g/mol. The highest BCUT2D eigenvalue weighted by molar-refractivity contribution is 5.82. The van der Waals surface area contributed by atoms with E-state index in [1.54, 1.807) is 0 Å². The summed E-state index contributed by atoms with van der Waals surface area (Å²) in [4.78, 5) is 12.9. The van der Waals surface area contributed by atoms with Crippen molar-refractivity contribution in [3.8, 4) is 0 Å². The van der Waals surface area contributed by atoms with E-state index in [1.807, 2.05) is 91.0 Å². The molecule has 1 saturated heterocycles. The minimum atomic E-state index is -0.663. The standard InChI is InChI=1S/C27H29NO4/c29-27-26(32-19-23-14-8-3-9-15-23)25(31-18-22-12-6-2-7-13-22)16-24(28-27)20-30-17-21-10-4-1-5-11-21/h1-15,24-26H,16-20H2,(H,28,29). The molecule has 1 aliphatic rings. The molecule has 3 aromatic carbocycles. The molecular formula is C27H29NO4. The third-order valence-electron chi connectivity index (χ3n) is 5.47. The van der Waals surface area contributed by atoms with Crippen LogP contribution in [0.1, 0.15) is 23.1 Å². The van der Waals surface area contributed by atoms with Gasteiger partial charge in [-0.3, -0.25) is 4.79 Å². The van der Waals surface area contributed by atoms with Crippen molar-refractivity contribution in [2.75, 3.05) is 6.61 Å². The SMILES string of the molecule is O=C1NC(COCc2ccccc2)CC(OCc2ccccc2)C1OCc1ccccc1. The molecule has 0 radical (unpaired) electrons. The molecule has 0 bridgehead atoms. The summed E-state index contributed by atoms with van der Waals surface area (Å²) in [5.74, 6) is -0.154. The quantitative estimate of drug-likeness (QED) is 0.521. The molecule has 3 unspecified atom stereocenters. The third kappa shape index (κ3) is 6.50. The maximum Gasteiger partial charge on any atom is 0.252 e. The van der Waals surface area contributed by atoms with Crippen molar-refractivity contribution in [1.29, 1.82) is 0 Å². The second-order valence-electron chi connectivity index (χ2n) is 7.99. The summed E-state index contributed by atoms with van der Waals surface area (Å²) in [6, 6.07) is 29.7. The number of ether oxygens (including phenoxy) is 3. The lowest BCUT2D eigenvalue weighted by molar-refractivity contribution is -0.158. The highest BCUT2D eigenvalue weighted by Crippen LogP contribution is 2.21. The van der Waals surface area contributed by atoms with Gasteiger partial charge in [-0.15, -0.1) is 0 Å². The minimum Gasteiger partial charge on any atom is -0.375 e. The van der Waals surface area contributed by atoms with E-state index in [-0.39, 0.29) is 18.1 Å². The maximum atomic E-state index is 12.9. The van der Waals surface area contributed by atoms with E-state index in [1.165, 1.54) is 0 Å². The van der Waals surface area contributed by atoms with Crippen LogP contribution < -0.4 is 5.32 Å². The third-order valence-corrected chi connectivity index (χ3v) is 5.47. The Labute approximate surface area is 189 Å².